The van der Waals surface area contributed by atoms with Crippen molar-refractivity contribution >= 4 is 17.2 Å². The largest absolute Gasteiger partial charge is 0.416 e. The summed E-state index contributed by atoms with van der Waals surface area (Å²) < 4.78 is 38.5. The summed E-state index contributed by atoms with van der Waals surface area (Å²) >= 11 is 1.52. The van der Waals surface area contributed by atoms with Crippen molar-refractivity contribution in [1.29, 1.82) is 0 Å². The van der Waals surface area contributed by atoms with E-state index in [1.165, 1.54) is 23.5 Å². The molecule has 0 unspecified atom stereocenters. The van der Waals surface area contributed by atoms with Gasteiger partial charge in [-0.1, -0.05) is 12.6 Å². The highest BCUT2D eigenvalue weighted by Gasteiger charge is 2.41. The number of halogens is 3. The van der Waals surface area contributed by atoms with Gasteiger partial charge in [-0.3, -0.25) is 9.69 Å². The van der Waals surface area contributed by atoms with Crippen LogP contribution in [-0.2, 0) is 11.8 Å². The number of aromatic nitrogens is 1. The third-order valence-corrected chi connectivity index (χ3v) is 7.70. The Bertz CT molecular complexity index is 1040. The van der Waals surface area contributed by atoms with Crippen molar-refractivity contribution in [1.82, 2.24) is 20.5 Å². The second kappa shape index (κ2) is 9.67. The molecule has 0 atom stereocenters. The number of nitrogens with one attached hydrogen (secondary N) is 2. The number of benzene rings is 1. The Morgan fingerprint density at radius 2 is 2.03 bits per heavy atom. The number of aryl methyl sites for hydroxylation is 1. The zero-order valence-corrected chi connectivity index (χ0v) is 19.8. The summed E-state index contributed by atoms with van der Waals surface area (Å²) in [6.45, 7) is 7.69. The van der Waals surface area contributed by atoms with E-state index in [0.717, 1.165) is 48.8 Å². The Labute approximate surface area is 200 Å². The van der Waals surface area contributed by atoms with Gasteiger partial charge in [-0.2, -0.15) is 13.2 Å². The topological polar surface area (TPSA) is 77.5 Å². The lowest BCUT2D eigenvalue weighted by Crippen LogP contribution is -2.62. The van der Waals surface area contributed by atoms with E-state index in [-0.39, 0.29) is 18.2 Å². The molecule has 0 radical (unpaired) electrons. The summed E-state index contributed by atoms with van der Waals surface area (Å²) in [5, 5.41) is 19.7. The van der Waals surface area contributed by atoms with Gasteiger partial charge in [0.1, 0.15) is 10.6 Å². The number of rotatable bonds is 7. The standard InChI is InChI=1S/C24H29F3N4O2S/c1-15(11-28-21(32)17-4-3-5-18(10-17)24(25,26)27)29-19-12-31(13-19)20-6-8-23(33,9-7-20)22-30-16(2)14-34-22/h3-5,10,14,19-20,29,33H,1,6-9,11-13H2,2H3,(H,28,32). The molecule has 2 fully saturated rings. The van der Waals surface area contributed by atoms with Gasteiger partial charge in [0.05, 0.1) is 18.2 Å². The van der Waals surface area contributed by atoms with Crippen LogP contribution in [0.3, 0.4) is 0 Å². The van der Waals surface area contributed by atoms with E-state index < -0.39 is 23.2 Å². The van der Waals surface area contributed by atoms with E-state index in [9.17, 15) is 23.1 Å². The van der Waals surface area contributed by atoms with Crippen molar-refractivity contribution in [2.45, 2.75) is 56.5 Å². The predicted molar refractivity (Wildman–Crippen MR) is 124 cm³/mol. The Morgan fingerprint density at radius 1 is 1.32 bits per heavy atom. The van der Waals surface area contributed by atoms with Gasteiger partial charge < -0.3 is 15.7 Å². The van der Waals surface area contributed by atoms with Gasteiger partial charge in [0.15, 0.2) is 0 Å². The van der Waals surface area contributed by atoms with Crippen LogP contribution < -0.4 is 10.6 Å². The Hall–Kier alpha value is -2.43. The molecule has 0 bridgehead atoms. The first-order valence-electron chi connectivity index (χ1n) is 11.3. The molecule has 34 heavy (non-hydrogen) atoms. The third kappa shape index (κ3) is 5.61. The summed E-state index contributed by atoms with van der Waals surface area (Å²) in [5.74, 6) is -0.575. The number of hydrogen-bond donors (Lipinski definition) is 3. The molecule has 3 N–H and O–H groups in total. The molecular formula is C24H29F3N4O2S. The maximum atomic E-state index is 12.8. The summed E-state index contributed by atoms with van der Waals surface area (Å²) in [6, 6.07) is 4.99. The van der Waals surface area contributed by atoms with E-state index in [0.29, 0.717) is 24.6 Å². The quantitative estimate of drug-likeness (QED) is 0.546. The van der Waals surface area contributed by atoms with Crippen LogP contribution in [0.5, 0.6) is 0 Å². The number of amides is 1. The van der Waals surface area contributed by atoms with E-state index in [2.05, 4.69) is 27.1 Å². The molecule has 2 aliphatic rings. The van der Waals surface area contributed by atoms with Crippen LogP contribution >= 0.6 is 11.3 Å². The third-order valence-electron chi connectivity index (χ3n) is 6.55. The molecule has 1 aromatic heterocycles. The molecule has 2 heterocycles. The fourth-order valence-corrected chi connectivity index (χ4v) is 5.55. The second-order valence-corrected chi connectivity index (χ2v) is 10.1. The second-order valence-electron chi connectivity index (χ2n) is 9.22. The van der Waals surface area contributed by atoms with Gasteiger partial charge >= 0.3 is 6.18 Å². The van der Waals surface area contributed by atoms with Gasteiger partial charge in [-0.25, -0.2) is 4.98 Å². The van der Waals surface area contributed by atoms with Crippen LogP contribution in [0.15, 0.2) is 41.9 Å². The minimum Gasteiger partial charge on any atom is -0.383 e. The first-order chi connectivity index (χ1) is 16.0. The lowest BCUT2D eigenvalue weighted by atomic mass is 9.81. The number of carbonyl (C=O) groups excluding carboxylic acids is 1. The molecular weight excluding hydrogens is 465 g/mol. The minimum absolute atomic E-state index is 0.0392. The summed E-state index contributed by atoms with van der Waals surface area (Å²) in [6.07, 6.45) is -1.26. The smallest absolute Gasteiger partial charge is 0.383 e. The minimum atomic E-state index is -4.49. The van der Waals surface area contributed by atoms with Crippen molar-refractivity contribution in [2.24, 2.45) is 0 Å². The fraction of sp³-hybridized carbons (Fsp3) is 0.500. The number of thiazole rings is 1. The first kappa shape index (κ1) is 24.7. The SMILES string of the molecule is C=C(CNC(=O)c1cccc(C(F)(F)F)c1)NC1CN(C2CCC(O)(c3nc(C)cs3)CC2)C1. The van der Waals surface area contributed by atoms with E-state index in [4.69, 9.17) is 0 Å². The molecule has 6 nitrogen and oxygen atoms in total. The highest BCUT2D eigenvalue weighted by atomic mass is 32.1. The first-order valence-corrected chi connectivity index (χ1v) is 12.2. The van der Waals surface area contributed by atoms with Crippen molar-refractivity contribution in [3.8, 4) is 0 Å². The normalized spacial score (nSPS) is 23.9. The number of carbonyl (C=O) groups is 1. The number of likely N-dealkylation sites (tertiary alicyclic amines) is 1. The number of nitrogens with zero attached hydrogens (tertiary/aromatic N) is 2. The van der Waals surface area contributed by atoms with Gasteiger partial charge in [0.2, 0.25) is 0 Å². The lowest BCUT2D eigenvalue weighted by molar-refractivity contribution is -0.137. The summed E-state index contributed by atoms with van der Waals surface area (Å²) in [7, 11) is 0. The van der Waals surface area contributed by atoms with E-state index in [1.807, 2.05) is 12.3 Å². The monoisotopic (exact) mass is 494 g/mol. The molecule has 1 aliphatic heterocycles. The van der Waals surface area contributed by atoms with Crippen LogP contribution in [-0.4, -0.2) is 52.6 Å². The molecule has 184 valence electrons. The fourth-order valence-electron chi connectivity index (χ4n) is 4.59. The van der Waals surface area contributed by atoms with Gasteiger partial charge in [-0.05, 0) is 50.8 Å². The maximum Gasteiger partial charge on any atom is 0.416 e. The molecule has 2 aromatic rings. The Balaban J connectivity index is 1.17. The Kier molecular flexibility index (Phi) is 7.02. The molecule has 1 amide bonds. The van der Waals surface area contributed by atoms with Crippen molar-refractivity contribution < 1.29 is 23.1 Å². The average molecular weight is 495 g/mol. The van der Waals surface area contributed by atoms with E-state index in [1.54, 1.807) is 0 Å². The lowest BCUT2D eigenvalue weighted by Gasteiger charge is -2.48. The van der Waals surface area contributed by atoms with Crippen LogP contribution in [0.2, 0.25) is 0 Å². The average Bonchev–Trinajstić information content (AvgIpc) is 3.22. The van der Waals surface area contributed by atoms with Crippen molar-refractivity contribution in [2.75, 3.05) is 19.6 Å². The Morgan fingerprint density at radius 3 is 2.65 bits per heavy atom. The number of aliphatic hydroxyl groups is 1. The van der Waals surface area contributed by atoms with Crippen LogP contribution in [0.25, 0.3) is 0 Å². The summed E-state index contributed by atoms with van der Waals surface area (Å²) in [5.41, 5.74) is -0.151. The molecule has 0 spiro atoms. The van der Waals surface area contributed by atoms with Crippen LogP contribution in [0.1, 0.15) is 52.3 Å². The molecule has 10 heteroatoms. The van der Waals surface area contributed by atoms with Gasteiger partial charge in [0.25, 0.3) is 5.91 Å². The maximum absolute atomic E-state index is 12.8. The van der Waals surface area contributed by atoms with Crippen LogP contribution in [0, 0.1) is 6.92 Å². The van der Waals surface area contributed by atoms with Gasteiger partial charge in [0, 0.05) is 41.5 Å². The van der Waals surface area contributed by atoms with Crippen LogP contribution in [0.4, 0.5) is 13.2 Å². The highest BCUT2D eigenvalue weighted by molar-refractivity contribution is 7.09. The van der Waals surface area contributed by atoms with Crippen molar-refractivity contribution in [3.05, 3.63) is 63.7 Å². The molecule has 1 aliphatic carbocycles. The highest BCUT2D eigenvalue weighted by Crippen LogP contribution is 2.40. The number of alkyl halides is 3. The van der Waals surface area contributed by atoms with Crippen molar-refractivity contribution in [3.63, 3.8) is 0 Å². The number of hydrogen-bond acceptors (Lipinski definition) is 6. The zero-order chi connectivity index (χ0) is 24.5. The molecule has 1 saturated heterocycles. The molecule has 1 aromatic carbocycles. The van der Waals surface area contributed by atoms with Gasteiger partial charge in [-0.15, -0.1) is 11.3 Å². The van der Waals surface area contributed by atoms with E-state index >= 15 is 0 Å². The zero-order valence-electron chi connectivity index (χ0n) is 19.0. The molecule has 1 saturated carbocycles. The molecule has 4 rings (SSSR count). The summed E-state index contributed by atoms with van der Waals surface area (Å²) in [4.78, 5) is 19.1. The predicted octanol–water partition coefficient (Wildman–Crippen LogP) is 3.82.